The molecule has 134 valence electrons. The van der Waals surface area contributed by atoms with Gasteiger partial charge in [-0.15, -0.1) is 0 Å². The van der Waals surface area contributed by atoms with Crippen LogP contribution in [0, 0.1) is 0 Å². The molecule has 1 aliphatic heterocycles. The summed E-state index contributed by atoms with van der Waals surface area (Å²) in [7, 11) is 0. The number of amides is 1. The molecule has 0 aliphatic carbocycles. The first-order valence-corrected chi connectivity index (χ1v) is 8.10. The second-order valence-corrected chi connectivity index (χ2v) is 5.69. The maximum absolute atomic E-state index is 12.7. The highest BCUT2D eigenvalue weighted by molar-refractivity contribution is 5.93. The van der Waals surface area contributed by atoms with Crippen LogP contribution in [0.2, 0.25) is 0 Å². The molecule has 0 unspecified atom stereocenters. The van der Waals surface area contributed by atoms with Crippen molar-refractivity contribution in [3.8, 4) is 11.5 Å². The number of phenols is 1. The fraction of sp³-hybridized carbons (Fsp3) is 0.211. The fourth-order valence-corrected chi connectivity index (χ4v) is 2.87. The molecule has 1 aliphatic rings. The lowest BCUT2D eigenvalue weighted by Gasteiger charge is -2.29. The van der Waals surface area contributed by atoms with E-state index in [0.29, 0.717) is 11.3 Å². The Morgan fingerprint density at radius 3 is 2.81 bits per heavy atom. The molecule has 7 nitrogen and oxygen atoms in total. The molecular formula is C19H18N2O5. The smallest absolute Gasteiger partial charge is 0.340 e. The van der Waals surface area contributed by atoms with Gasteiger partial charge in [-0.25, -0.2) is 4.79 Å². The predicted octanol–water partition coefficient (Wildman–Crippen LogP) is 2.22. The van der Waals surface area contributed by atoms with Crippen molar-refractivity contribution in [2.75, 3.05) is 6.61 Å². The molecule has 2 aromatic rings. The molecule has 7 heteroatoms. The van der Waals surface area contributed by atoms with Crippen LogP contribution in [-0.2, 0) is 14.3 Å². The molecule has 2 heterocycles. The van der Waals surface area contributed by atoms with Crippen molar-refractivity contribution >= 4 is 11.9 Å². The molecule has 0 radical (unpaired) electrons. The SMILES string of the molecule is CCOC(=O)C1=C(NC(C)=O)Oc2cc(O)ccc2[C@@H]1c1cccnc1. The van der Waals surface area contributed by atoms with Crippen LogP contribution in [0.3, 0.4) is 0 Å². The summed E-state index contributed by atoms with van der Waals surface area (Å²) in [6, 6.07) is 8.20. The Hall–Kier alpha value is -3.35. The number of esters is 1. The number of hydrogen-bond donors (Lipinski definition) is 2. The van der Waals surface area contributed by atoms with Crippen LogP contribution in [0.15, 0.2) is 54.2 Å². The van der Waals surface area contributed by atoms with Crippen molar-refractivity contribution < 1.29 is 24.2 Å². The Labute approximate surface area is 150 Å². The number of ether oxygens (including phenoxy) is 2. The number of carbonyl (C=O) groups excluding carboxylic acids is 2. The fourth-order valence-electron chi connectivity index (χ4n) is 2.87. The Bertz CT molecular complexity index is 877. The van der Waals surface area contributed by atoms with Gasteiger partial charge < -0.3 is 14.6 Å². The number of aromatic nitrogens is 1. The van der Waals surface area contributed by atoms with Gasteiger partial charge in [-0.3, -0.25) is 15.1 Å². The molecule has 2 N–H and O–H groups in total. The van der Waals surface area contributed by atoms with E-state index in [-0.39, 0.29) is 23.8 Å². The van der Waals surface area contributed by atoms with Crippen LogP contribution in [0.5, 0.6) is 11.5 Å². The second-order valence-electron chi connectivity index (χ2n) is 5.69. The molecule has 3 rings (SSSR count). The summed E-state index contributed by atoms with van der Waals surface area (Å²) in [4.78, 5) is 28.4. The van der Waals surface area contributed by atoms with E-state index in [1.807, 2.05) is 6.07 Å². The topological polar surface area (TPSA) is 97.8 Å². The largest absolute Gasteiger partial charge is 0.508 e. The number of hydrogen-bond acceptors (Lipinski definition) is 6. The van der Waals surface area contributed by atoms with Gasteiger partial charge in [0.25, 0.3) is 0 Å². The third-order valence-corrected chi connectivity index (χ3v) is 3.86. The van der Waals surface area contributed by atoms with Gasteiger partial charge >= 0.3 is 5.97 Å². The third kappa shape index (κ3) is 3.37. The number of phenolic OH excluding ortho intramolecular Hbond substituents is 1. The molecule has 0 saturated heterocycles. The minimum absolute atomic E-state index is 0.00967. The van der Waals surface area contributed by atoms with E-state index in [9.17, 15) is 14.7 Å². The number of benzene rings is 1. The molecule has 0 spiro atoms. The predicted molar refractivity (Wildman–Crippen MR) is 92.3 cm³/mol. The molecule has 1 amide bonds. The first-order chi connectivity index (χ1) is 12.5. The highest BCUT2D eigenvalue weighted by Crippen LogP contribution is 2.44. The van der Waals surface area contributed by atoms with Crippen molar-refractivity contribution in [1.82, 2.24) is 10.3 Å². The Morgan fingerprint density at radius 2 is 2.15 bits per heavy atom. The number of carbonyl (C=O) groups is 2. The highest BCUT2D eigenvalue weighted by Gasteiger charge is 2.37. The average Bonchev–Trinajstić information content (AvgIpc) is 2.60. The van der Waals surface area contributed by atoms with E-state index in [2.05, 4.69) is 10.3 Å². The quantitative estimate of drug-likeness (QED) is 0.817. The van der Waals surface area contributed by atoms with Crippen LogP contribution < -0.4 is 10.1 Å². The zero-order valence-electron chi connectivity index (χ0n) is 14.4. The maximum atomic E-state index is 12.7. The lowest BCUT2D eigenvalue weighted by molar-refractivity contribution is -0.139. The summed E-state index contributed by atoms with van der Waals surface area (Å²) in [6.45, 7) is 3.19. The molecule has 1 atom stereocenters. The van der Waals surface area contributed by atoms with Gasteiger partial charge in [0.2, 0.25) is 11.8 Å². The Morgan fingerprint density at radius 1 is 1.35 bits per heavy atom. The van der Waals surface area contributed by atoms with Crippen LogP contribution in [0.1, 0.15) is 30.9 Å². The lowest BCUT2D eigenvalue weighted by atomic mass is 9.83. The van der Waals surface area contributed by atoms with Crippen molar-refractivity contribution in [2.45, 2.75) is 19.8 Å². The first kappa shape index (κ1) is 17.5. The van der Waals surface area contributed by atoms with Crippen molar-refractivity contribution in [1.29, 1.82) is 0 Å². The van der Waals surface area contributed by atoms with Crippen LogP contribution in [-0.4, -0.2) is 28.6 Å². The molecule has 0 bridgehead atoms. The monoisotopic (exact) mass is 354 g/mol. The second kappa shape index (κ2) is 7.26. The van der Waals surface area contributed by atoms with Gasteiger partial charge in [0.1, 0.15) is 17.1 Å². The Balaban J connectivity index is 2.23. The normalized spacial score (nSPS) is 15.7. The van der Waals surface area contributed by atoms with E-state index in [0.717, 1.165) is 5.56 Å². The first-order valence-electron chi connectivity index (χ1n) is 8.10. The maximum Gasteiger partial charge on any atom is 0.340 e. The lowest BCUT2D eigenvalue weighted by Crippen LogP contribution is -2.32. The van der Waals surface area contributed by atoms with Gasteiger partial charge in [0.15, 0.2) is 0 Å². The van der Waals surface area contributed by atoms with E-state index in [4.69, 9.17) is 9.47 Å². The van der Waals surface area contributed by atoms with Crippen molar-refractivity contribution in [3.63, 3.8) is 0 Å². The summed E-state index contributed by atoms with van der Waals surface area (Å²) < 4.78 is 10.9. The zero-order chi connectivity index (χ0) is 18.7. The number of rotatable bonds is 4. The van der Waals surface area contributed by atoms with Gasteiger partial charge in [0, 0.05) is 30.9 Å². The number of aromatic hydroxyl groups is 1. The van der Waals surface area contributed by atoms with Gasteiger partial charge in [-0.1, -0.05) is 12.1 Å². The number of pyridine rings is 1. The number of fused-ring (bicyclic) bond motifs is 1. The van der Waals surface area contributed by atoms with Crippen LogP contribution in [0.4, 0.5) is 0 Å². The highest BCUT2D eigenvalue weighted by atomic mass is 16.5. The third-order valence-electron chi connectivity index (χ3n) is 3.86. The van der Waals surface area contributed by atoms with Crippen molar-refractivity contribution in [3.05, 3.63) is 65.3 Å². The van der Waals surface area contributed by atoms with E-state index in [1.165, 1.54) is 19.1 Å². The zero-order valence-corrected chi connectivity index (χ0v) is 14.4. The summed E-state index contributed by atoms with van der Waals surface area (Å²) in [6.07, 6.45) is 3.26. The van der Waals surface area contributed by atoms with Gasteiger partial charge in [-0.2, -0.15) is 0 Å². The molecule has 1 aromatic carbocycles. The van der Waals surface area contributed by atoms with Crippen LogP contribution in [0.25, 0.3) is 0 Å². The minimum atomic E-state index is -0.594. The minimum Gasteiger partial charge on any atom is -0.508 e. The summed E-state index contributed by atoms with van der Waals surface area (Å²) >= 11 is 0. The van der Waals surface area contributed by atoms with Gasteiger partial charge in [0.05, 0.1) is 12.5 Å². The number of nitrogens with one attached hydrogen (secondary N) is 1. The molecule has 0 fully saturated rings. The Kier molecular flexibility index (Phi) is 4.88. The van der Waals surface area contributed by atoms with E-state index < -0.39 is 17.8 Å². The standard InChI is InChI=1S/C19H18N2O5/c1-3-25-19(24)17-16(12-5-4-8-20-10-12)14-7-6-13(23)9-15(14)26-18(17)21-11(2)22/h4-10,16,23H,3H2,1-2H3,(H,21,22)/t16-/m0/s1. The number of nitrogens with zero attached hydrogens (tertiary/aromatic N) is 1. The van der Waals surface area contributed by atoms with Crippen LogP contribution >= 0.6 is 0 Å². The summed E-state index contributed by atoms with van der Waals surface area (Å²) in [5.74, 6) is -1.21. The van der Waals surface area contributed by atoms with Gasteiger partial charge in [-0.05, 0) is 24.6 Å². The van der Waals surface area contributed by atoms with Crippen molar-refractivity contribution in [2.24, 2.45) is 0 Å². The summed E-state index contributed by atoms with van der Waals surface area (Å²) in [5.41, 5.74) is 1.56. The molecular weight excluding hydrogens is 336 g/mol. The van der Waals surface area contributed by atoms with E-state index in [1.54, 1.807) is 31.5 Å². The average molecular weight is 354 g/mol. The summed E-state index contributed by atoms with van der Waals surface area (Å²) in [5, 5.41) is 12.3. The molecule has 1 aromatic heterocycles. The van der Waals surface area contributed by atoms with E-state index >= 15 is 0 Å². The molecule has 0 saturated carbocycles. The molecule has 26 heavy (non-hydrogen) atoms.